The molecule has 4 nitrogen and oxygen atoms in total. The van der Waals surface area contributed by atoms with Gasteiger partial charge in [-0.25, -0.2) is 0 Å². The summed E-state index contributed by atoms with van der Waals surface area (Å²) in [5, 5.41) is 3.57. The van der Waals surface area contributed by atoms with Gasteiger partial charge >= 0.3 is 0 Å². The number of hydrogen-bond acceptors (Lipinski definition) is 4. The Bertz CT molecular complexity index is 259. The average Bonchev–Trinajstić information content (AvgIpc) is 2.45. The molecule has 2 rings (SSSR count). The second-order valence-corrected chi connectivity index (χ2v) is 6.20. The second kappa shape index (κ2) is 4.84. The first-order chi connectivity index (χ1) is 7.89. The zero-order valence-electron chi connectivity index (χ0n) is 11.4. The lowest BCUT2D eigenvalue weighted by molar-refractivity contribution is -0.0911. The molecule has 0 saturated carbocycles. The van der Waals surface area contributed by atoms with E-state index < -0.39 is 0 Å². The first-order valence-corrected chi connectivity index (χ1v) is 6.52. The quantitative estimate of drug-likeness (QED) is 0.812. The molecule has 100 valence electrons. The second-order valence-electron chi connectivity index (χ2n) is 6.20. The molecule has 1 N–H and O–H groups in total. The van der Waals surface area contributed by atoms with Crippen molar-refractivity contribution in [3.63, 3.8) is 0 Å². The van der Waals surface area contributed by atoms with Crippen LogP contribution in [0.4, 0.5) is 0 Å². The molecule has 2 atom stereocenters. The number of ether oxygens (including phenoxy) is 3. The van der Waals surface area contributed by atoms with Crippen LogP contribution in [0.1, 0.15) is 34.1 Å². The van der Waals surface area contributed by atoms with Crippen LogP contribution in [0.25, 0.3) is 0 Å². The molecule has 2 unspecified atom stereocenters. The van der Waals surface area contributed by atoms with Crippen LogP contribution in [-0.2, 0) is 14.2 Å². The van der Waals surface area contributed by atoms with E-state index in [0.29, 0.717) is 19.3 Å². The summed E-state index contributed by atoms with van der Waals surface area (Å²) in [5.41, 5.74) is -0.149. The summed E-state index contributed by atoms with van der Waals surface area (Å²) < 4.78 is 17.1. The topological polar surface area (TPSA) is 39.7 Å². The summed E-state index contributed by atoms with van der Waals surface area (Å²) in [4.78, 5) is 0. The number of rotatable bonds is 3. The highest BCUT2D eigenvalue weighted by Crippen LogP contribution is 2.37. The molecule has 0 amide bonds. The molecule has 0 aromatic rings. The van der Waals surface area contributed by atoms with Gasteiger partial charge in [0.15, 0.2) is 0 Å². The van der Waals surface area contributed by atoms with Crippen molar-refractivity contribution in [3.8, 4) is 0 Å². The van der Waals surface area contributed by atoms with E-state index >= 15 is 0 Å². The highest BCUT2D eigenvalue weighted by Gasteiger charge is 2.45. The molecular formula is C13H25NO3. The molecule has 0 aromatic heterocycles. The minimum absolute atomic E-state index is 0.0366. The lowest BCUT2D eigenvalue weighted by atomic mass is 9.94. The molecule has 2 fully saturated rings. The van der Waals surface area contributed by atoms with Gasteiger partial charge in [0, 0.05) is 12.6 Å². The first-order valence-electron chi connectivity index (χ1n) is 6.52. The largest absolute Gasteiger partial charge is 0.376 e. The van der Waals surface area contributed by atoms with Gasteiger partial charge in [-0.2, -0.15) is 0 Å². The zero-order valence-corrected chi connectivity index (χ0v) is 11.4. The Morgan fingerprint density at radius 1 is 1.18 bits per heavy atom. The molecule has 2 aliphatic heterocycles. The van der Waals surface area contributed by atoms with Gasteiger partial charge in [-0.05, 0) is 34.1 Å². The third-order valence-electron chi connectivity index (χ3n) is 3.55. The highest BCUT2D eigenvalue weighted by atomic mass is 16.6. The van der Waals surface area contributed by atoms with Gasteiger partial charge < -0.3 is 19.5 Å². The minimum atomic E-state index is -0.112. The van der Waals surface area contributed by atoms with E-state index in [1.54, 1.807) is 0 Å². The monoisotopic (exact) mass is 243 g/mol. The fraction of sp³-hybridized carbons (Fsp3) is 1.00. The molecule has 0 aliphatic carbocycles. The predicted molar refractivity (Wildman–Crippen MR) is 66.2 cm³/mol. The maximum Gasteiger partial charge on any atom is 0.0933 e. The van der Waals surface area contributed by atoms with Crippen molar-refractivity contribution in [1.82, 2.24) is 5.32 Å². The fourth-order valence-electron chi connectivity index (χ4n) is 2.81. The van der Waals surface area contributed by atoms with Gasteiger partial charge in [-0.15, -0.1) is 0 Å². The van der Waals surface area contributed by atoms with Gasteiger partial charge in [0.25, 0.3) is 0 Å². The Morgan fingerprint density at radius 3 is 2.47 bits per heavy atom. The van der Waals surface area contributed by atoms with Crippen LogP contribution in [0.5, 0.6) is 0 Å². The van der Waals surface area contributed by atoms with Crippen LogP contribution >= 0.6 is 0 Å². The molecule has 2 heterocycles. The van der Waals surface area contributed by atoms with Crippen LogP contribution in [0.15, 0.2) is 0 Å². The summed E-state index contributed by atoms with van der Waals surface area (Å²) >= 11 is 0. The van der Waals surface area contributed by atoms with E-state index in [2.05, 4.69) is 33.0 Å². The Balaban J connectivity index is 1.82. The smallest absolute Gasteiger partial charge is 0.0933 e. The van der Waals surface area contributed by atoms with Gasteiger partial charge in [-0.3, -0.25) is 0 Å². The molecule has 2 aliphatic rings. The van der Waals surface area contributed by atoms with Gasteiger partial charge in [0.2, 0.25) is 0 Å². The van der Waals surface area contributed by atoms with Crippen molar-refractivity contribution in [2.75, 3.05) is 26.4 Å². The van der Waals surface area contributed by atoms with Crippen LogP contribution in [0.3, 0.4) is 0 Å². The zero-order chi connectivity index (χ0) is 12.5. The summed E-state index contributed by atoms with van der Waals surface area (Å²) in [6.07, 6.45) is 1.22. The first kappa shape index (κ1) is 13.3. The molecule has 2 saturated heterocycles. The summed E-state index contributed by atoms with van der Waals surface area (Å²) in [6, 6.07) is 0.378. The van der Waals surface area contributed by atoms with E-state index in [1.165, 1.54) is 0 Å². The maximum atomic E-state index is 6.05. The van der Waals surface area contributed by atoms with Crippen molar-refractivity contribution < 1.29 is 14.2 Å². The number of hydrogen-bond donors (Lipinski definition) is 1. The van der Waals surface area contributed by atoms with Crippen molar-refractivity contribution in [2.45, 2.75) is 57.5 Å². The minimum Gasteiger partial charge on any atom is -0.376 e. The van der Waals surface area contributed by atoms with Crippen molar-refractivity contribution in [2.24, 2.45) is 0 Å². The molecule has 0 spiro atoms. The summed E-state index contributed by atoms with van der Waals surface area (Å²) in [5.74, 6) is 0. The van der Waals surface area contributed by atoms with E-state index in [-0.39, 0.29) is 17.3 Å². The van der Waals surface area contributed by atoms with Gasteiger partial charge in [-0.1, -0.05) is 0 Å². The van der Waals surface area contributed by atoms with Crippen molar-refractivity contribution >= 4 is 0 Å². The highest BCUT2D eigenvalue weighted by molar-refractivity contribution is 4.99. The fourth-order valence-corrected chi connectivity index (χ4v) is 2.81. The summed E-state index contributed by atoms with van der Waals surface area (Å²) in [6.45, 7) is 11.6. The van der Waals surface area contributed by atoms with Gasteiger partial charge in [0.05, 0.1) is 37.1 Å². The lowest BCUT2D eigenvalue weighted by Crippen LogP contribution is -2.48. The standard InChI is InChI=1S/C13H25NO3/c1-12(2)7-11(13(3,4)17-12)14-8-10-9-15-5-6-16-10/h10-11,14H,5-9H2,1-4H3. The van der Waals surface area contributed by atoms with Crippen molar-refractivity contribution in [3.05, 3.63) is 0 Å². The maximum absolute atomic E-state index is 6.05. The van der Waals surface area contributed by atoms with E-state index in [9.17, 15) is 0 Å². The van der Waals surface area contributed by atoms with Crippen LogP contribution in [0.2, 0.25) is 0 Å². The third kappa shape index (κ3) is 3.41. The SMILES string of the molecule is CC1(C)CC(NCC2COCCO2)C(C)(C)O1. The number of nitrogens with one attached hydrogen (secondary N) is 1. The molecule has 17 heavy (non-hydrogen) atoms. The Labute approximate surface area is 104 Å². The third-order valence-corrected chi connectivity index (χ3v) is 3.55. The molecule has 0 aromatic carbocycles. The Kier molecular flexibility index (Phi) is 3.78. The van der Waals surface area contributed by atoms with E-state index in [4.69, 9.17) is 14.2 Å². The van der Waals surface area contributed by atoms with Gasteiger partial charge in [0.1, 0.15) is 0 Å². The average molecular weight is 243 g/mol. The lowest BCUT2D eigenvalue weighted by Gasteiger charge is -2.30. The molecular weight excluding hydrogens is 218 g/mol. The molecule has 4 heteroatoms. The predicted octanol–water partition coefficient (Wildman–Crippen LogP) is 1.34. The normalized spacial score (nSPS) is 36.0. The Hall–Kier alpha value is -0.160. The molecule has 0 bridgehead atoms. The van der Waals surface area contributed by atoms with E-state index in [0.717, 1.165) is 19.6 Å². The summed E-state index contributed by atoms with van der Waals surface area (Å²) in [7, 11) is 0. The van der Waals surface area contributed by atoms with Crippen LogP contribution < -0.4 is 5.32 Å². The van der Waals surface area contributed by atoms with Crippen molar-refractivity contribution in [1.29, 1.82) is 0 Å². The molecule has 0 radical (unpaired) electrons. The van der Waals surface area contributed by atoms with Crippen LogP contribution in [-0.4, -0.2) is 49.7 Å². The van der Waals surface area contributed by atoms with E-state index in [1.807, 2.05) is 0 Å². The van der Waals surface area contributed by atoms with Crippen LogP contribution in [0, 0.1) is 0 Å². The Morgan fingerprint density at radius 2 is 1.94 bits per heavy atom.